The first-order chi connectivity index (χ1) is 14.8. The molecule has 11 heteroatoms. The Kier molecular flexibility index (Phi) is 5.34. The predicted molar refractivity (Wildman–Crippen MR) is 102 cm³/mol. The molecular formula is C20H19F3N4O4. The van der Waals surface area contributed by atoms with Crippen LogP contribution in [0.25, 0.3) is 0 Å². The smallest absolute Gasteiger partial charge is 0.410 e. The van der Waals surface area contributed by atoms with Crippen molar-refractivity contribution < 1.29 is 32.0 Å². The quantitative estimate of drug-likeness (QED) is 0.603. The largest absolute Gasteiger partial charge is 0.493 e. The number of ether oxygens (including phenoxy) is 2. The highest BCUT2D eigenvalue weighted by Gasteiger charge is 2.46. The van der Waals surface area contributed by atoms with Crippen LogP contribution in [0.3, 0.4) is 0 Å². The van der Waals surface area contributed by atoms with E-state index in [4.69, 9.17) is 14.0 Å². The Morgan fingerprint density at radius 3 is 2.71 bits per heavy atom. The lowest BCUT2D eigenvalue weighted by molar-refractivity contribution is -0.172. The summed E-state index contributed by atoms with van der Waals surface area (Å²) >= 11 is 0. The van der Waals surface area contributed by atoms with Gasteiger partial charge >= 0.3 is 6.18 Å². The first-order valence-electron chi connectivity index (χ1n) is 9.44. The summed E-state index contributed by atoms with van der Waals surface area (Å²) in [4.78, 5) is 14.4. The number of anilines is 1. The van der Waals surface area contributed by atoms with Gasteiger partial charge in [0.2, 0.25) is 0 Å². The Balaban J connectivity index is 1.59. The predicted octanol–water partition coefficient (Wildman–Crippen LogP) is 3.92. The van der Waals surface area contributed by atoms with Gasteiger partial charge < -0.3 is 14.0 Å². The number of carbonyl (C=O) groups is 1. The molecule has 3 heterocycles. The van der Waals surface area contributed by atoms with Gasteiger partial charge in [-0.2, -0.15) is 18.3 Å². The molecule has 8 nitrogen and oxygen atoms in total. The van der Waals surface area contributed by atoms with Gasteiger partial charge in [0.15, 0.2) is 23.2 Å². The normalized spacial score (nSPS) is 16.2. The van der Waals surface area contributed by atoms with Gasteiger partial charge in [-0.1, -0.05) is 17.3 Å². The van der Waals surface area contributed by atoms with Gasteiger partial charge in [0, 0.05) is 12.6 Å². The van der Waals surface area contributed by atoms with Crippen molar-refractivity contribution in [3.8, 4) is 11.5 Å². The fourth-order valence-corrected chi connectivity index (χ4v) is 3.50. The average molecular weight is 436 g/mol. The summed E-state index contributed by atoms with van der Waals surface area (Å²) in [5.41, 5.74) is 0.380. The Morgan fingerprint density at radius 1 is 1.26 bits per heavy atom. The summed E-state index contributed by atoms with van der Waals surface area (Å²) in [6, 6.07) is 6.59. The molecule has 0 saturated carbocycles. The number of aryl methyl sites for hydroxylation is 1. The average Bonchev–Trinajstić information content (AvgIpc) is 3.37. The number of benzene rings is 1. The van der Waals surface area contributed by atoms with E-state index in [0.717, 1.165) is 4.68 Å². The molecule has 1 unspecified atom stereocenters. The van der Waals surface area contributed by atoms with Crippen LogP contribution in [0.15, 0.2) is 41.1 Å². The maximum absolute atomic E-state index is 13.3. The molecule has 1 aliphatic heterocycles. The zero-order chi connectivity index (χ0) is 22.2. The maximum Gasteiger partial charge on any atom is 0.410 e. The molecule has 0 spiro atoms. The lowest BCUT2D eigenvalue weighted by Crippen LogP contribution is -2.43. The van der Waals surface area contributed by atoms with Crippen molar-refractivity contribution in [3.63, 3.8) is 0 Å². The number of methoxy groups -OCH3 is 1. The highest BCUT2D eigenvalue weighted by atomic mass is 19.4. The van der Waals surface area contributed by atoms with E-state index in [1.165, 1.54) is 24.3 Å². The van der Waals surface area contributed by atoms with Crippen molar-refractivity contribution in [2.45, 2.75) is 32.2 Å². The van der Waals surface area contributed by atoms with Gasteiger partial charge in [-0.05, 0) is 25.5 Å². The molecule has 1 amide bonds. The summed E-state index contributed by atoms with van der Waals surface area (Å²) in [7, 11) is 1.51. The fraction of sp³-hybridized carbons (Fsp3) is 0.350. The second-order valence-electron chi connectivity index (χ2n) is 6.94. The van der Waals surface area contributed by atoms with Crippen LogP contribution in [0.4, 0.5) is 19.0 Å². The topological polar surface area (TPSA) is 82.6 Å². The molecule has 31 heavy (non-hydrogen) atoms. The first kappa shape index (κ1) is 20.8. The van der Waals surface area contributed by atoms with Gasteiger partial charge in [0.25, 0.3) is 5.91 Å². The Hall–Kier alpha value is -3.50. The van der Waals surface area contributed by atoms with Crippen molar-refractivity contribution in [2.24, 2.45) is 0 Å². The van der Waals surface area contributed by atoms with E-state index in [1.54, 1.807) is 31.2 Å². The number of fused-ring (bicyclic) bond motifs is 1. The Labute approximate surface area is 175 Å². The number of amides is 1. The van der Waals surface area contributed by atoms with Crippen LogP contribution in [-0.4, -0.2) is 40.7 Å². The molecule has 164 valence electrons. The van der Waals surface area contributed by atoms with E-state index in [2.05, 4.69) is 10.3 Å². The molecule has 1 aliphatic rings. The first-order valence-corrected chi connectivity index (χ1v) is 9.44. The third kappa shape index (κ3) is 3.82. The molecule has 3 aromatic rings. The molecule has 0 radical (unpaired) electrons. The second kappa shape index (κ2) is 7.97. The number of alkyl halides is 3. The fourth-order valence-electron chi connectivity index (χ4n) is 3.50. The lowest BCUT2D eigenvalue weighted by atomic mass is 10.1. The number of rotatable bonds is 5. The summed E-state index contributed by atoms with van der Waals surface area (Å²) in [5.74, 6) is 0.821. The summed E-state index contributed by atoms with van der Waals surface area (Å²) in [6.07, 6.45) is -3.54. The van der Waals surface area contributed by atoms with Crippen molar-refractivity contribution in [1.82, 2.24) is 14.9 Å². The molecule has 2 aromatic heterocycles. The molecule has 4 rings (SSSR count). The highest BCUT2D eigenvalue weighted by Crippen LogP contribution is 2.39. The van der Waals surface area contributed by atoms with Crippen LogP contribution in [0.2, 0.25) is 0 Å². The minimum absolute atomic E-state index is 0.0226. The van der Waals surface area contributed by atoms with Crippen LogP contribution in [0, 0.1) is 6.92 Å². The van der Waals surface area contributed by atoms with Gasteiger partial charge in [0.05, 0.1) is 18.9 Å². The van der Waals surface area contributed by atoms with Gasteiger partial charge in [-0.15, -0.1) is 0 Å². The number of hydrogen-bond donors (Lipinski definition) is 0. The molecular weight excluding hydrogens is 417 g/mol. The monoisotopic (exact) mass is 436 g/mol. The number of hydrogen-bond acceptors (Lipinski definition) is 6. The molecule has 0 fully saturated rings. The van der Waals surface area contributed by atoms with E-state index >= 15 is 0 Å². The van der Waals surface area contributed by atoms with E-state index in [9.17, 15) is 18.0 Å². The van der Waals surface area contributed by atoms with Crippen LogP contribution >= 0.6 is 0 Å². The second-order valence-corrected chi connectivity index (χ2v) is 6.94. The van der Waals surface area contributed by atoms with E-state index in [-0.39, 0.29) is 31.1 Å². The van der Waals surface area contributed by atoms with Crippen LogP contribution in [0.5, 0.6) is 11.5 Å². The van der Waals surface area contributed by atoms with E-state index in [1.807, 2.05) is 0 Å². The zero-order valence-electron chi connectivity index (χ0n) is 16.7. The molecule has 0 N–H and O–H groups in total. The maximum atomic E-state index is 13.3. The summed E-state index contributed by atoms with van der Waals surface area (Å²) in [5, 5.41) is 7.62. The van der Waals surface area contributed by atoms with E-state index in [0.29, 0.717) is 22.8 Å². The number of para-hydroxylation sites is 2. The van der Waals surface area contributed by atoms with Gasteiger partial charge in [0.1, 0.15) is 18.2 Å². The van der Waals surface area contributed by atoms with Crippen LogP contribution in [-0.2, 0) is 6.61 Å². The number of aromatic nitrogens is 3. The van der Waals surface area contributed by atoms with Crippen molar-refractivity contribution >= 4 is 11.7 Å². The van der Waals surface area contributed by atoms with Crippen LogP contribution < -0.4 is 14.4 Å². The lowest BCUT2D eigenvalue weighted by Gasteiger charge is -2.33. The van der Waals surface area contributed by atoms with Crippen molar-refractivity contribution in [1.29, 1.82) is 0 Å². The van der Waals surface area contributed by atoms with Gasteiger partial charge in [-0.3, -0.25) is 9.69 Å². The van der Waals surface area contributed by atoms with E-state index < -0.39 is 18.1 Å². The minimum atomic E-state index is -4.46. The summed E-state index contributed by atoms with van der Waals surface area (Å²) < 4.78 is 57.0. The number of nitrogens with zero attached hydrogens (tertiary/aromatic N) is 4. The molecule has 1 aromatic carbocycles. The highest BCUT2D eigenvalue weighted by molar-refractivity contribution is 6.05. The van der Waals surface area contributed by atoms with Crippen molar-refractivity contribution in [3.05, 3.63) is 53.5 Å². The number of halogens is 3. The SMILES string of the molecule is COc1ccccc1OCc1c(C(=O)N2CCC(C(F)(F)F)n3nccc32)noc1C. The third-order valence-corrected chi connectivity index (χ3v) is 5.10. The van der Waals surface area contributed by atoms with Crippen molar-refractivity contribution in [2.75, 3.05) is 18.6 Å². The number of carbonyl (C=O) groups excluding carboxylic acids is 1. The molecule has 0 saturated heterocycles. The zero-order valence-corrected chi connectivity index (χ0v) is 16.7. The van der Waals surface area contributed by atoms with Gasteiger partial charge in [-0.25, -0.2) is 4.68 Å². The molecule has 0 aliphatic carbocycles. The minimum Gasteiger partial charge on any atom is -0.493 e. The standard InChI is InChI=1S/C20H19F3N4O4/c1-12-13(11-30-15-6-4-3-5-14(15)29-2)18(25-31-12)19(28)26-10-8-16(20(21,22)23)27-17(26)7-9-24-27/h3-7,9,16H,8,10-11H2,1-2H3. The third-order valence-electron chi connectivity index (χ3n) is 5.10. The Bertz CT molecular complexity index is 1090. The molecule has 1 atom stereocenters. The molecule has 0 bridgehead atoms. The van der Waals surface area contributed by atoms with Crippen LogP contribution in [0.1, 0.15) is 34.3 Å². The summed E-state index contributed by atoms with van der Waals surface area (Å²) in [6.45, 7) is 1.47. The Morgan fingerprint density at radius 2 is 2.00 bits per heavy atom.